The summed E-state index contributed by atoms with van der Waals surface area (Å²) in [4.78, 5) is 0. The smallest absolute Gasteiger partial charge is 0.0499 e. The number of nitrogens with one attached hydrogen (secondary N) is 1. The maximum atomic E-state index is 9.27. The maximum absolute atomic E-state index is 9.27. The standard InChI is InChI=1S/C14H21NO/c1-2-13(12-6-4-3-5-7-12)15-10-14(11-16)8-9-14/h3-7,13,15-16H,2,8-11H2,1H3. The normalized spacial score (nSPS) is 19.4. The van der Waals surface area contributed by atoms with Crippen molar-refractivity contribution in [2.75, 3.05) is 13.2 Å². The molecule has 0 bridgehead atoms. The van der Waals surface area contributed by atoms with Crippen LogP contribution in [0.3, 0.4) is 0 Å². The Balaban J connectivity index is 1.91. The molecular formula is C14H21NO. The lowest BCUT2D eigenvalue weighted by atomic mass is 10.0. The van der Waals surface area contributed by atoms with Crippen molar-refractivity contribution in [3.05, 3.63) is 35.9 Å². The fourth-order valence-corrected chi connectivity index (χ4v) is 2.09. The highest BCUT2D eigenvalue weighted by molar-refractivity contribution is 5.18. The SMILES string of the molecule is CCC(NCC1(CO)CC1)c1ccccc1. The maximum Gasteiger partial charge on any atom is 0.0499 e. The van der Waals surface area contributed by atoms with E-state index in [1.807, 2.05) is 6.07 Å². The van der Waals surface area contributed by atoms with Gasteiger partial charge in [0.2, 0.25) is 0 Å². The molecule has 0 aromatic heterocycles. The number of aliphatic hydroxyl groups excluding tert-OH is 1. The second-order valence-corrected chi connectivity index (χ2v) is 4.91. The molecule has 1 aliphatic carbocycles. The molecule has 0 radical (unpaired) electrons. The molecule has 2 N–H and O–H groups in total. The fraction of sp³-hybridized carbons (Fsp3) is 0.571. The Bertz CT molecular complexity index is 319. The van der Waals surface area contributed by atoms with Gasteiger partial charge in [-0.25, -0.2) is 0 Å². The highest BCUT2D eigenvalue weighted by atomic mass is 16.3. The molecular weight excluding hydrogens is 198 g/mol. The van der Waals surface area contributed by atoms with Gasteiger partial charge in [0.25, 0.3) is 0 Å². The van der Waals surface area contributed by atoms with E-state index in [2.05, 4.69) is 36.5 Å². The minimum atomic E-state index is 0.197. The van der Waals surface area contributed by atoms with Crippen molar-refractivity contribution in [2.24, 2.45) is 5.41 Å². The minimum absolute atomic E-state index is 0.197. The van der Waals surface area contributed by atoms with Crippen LogP contribution in [0.15, 0.2) is 30.3 Å². The Labute approximate surface area is 97.7 Å². The third-order valence-corrected chi connectivity index (χ3v) is 3.63. The van der Waals surface area contributed by atoms with Crippen LogP contribution >= 0.6 is 0 Å². The van der Waals surface area contributed by atoms with Crippen LogP contribution in [-0.2, 0) is 0 Å². The molecule has 0 saturated heterocycles. The first-order chi connectivity index (χ1) is 7.79. The first-order valence-electron chi connectivity index (χ1n) is 6.19. The van der Waals surface area contributed by atoms with Gasteiger partial charge in [0.05, 0.1) is 0 Å². The minimum Gasteiger partial charge on any atom is -0.396 e. The summed E-state index contributed by atoms with van der Waals surface area (Å²) < 4.78 is 0. The second-order valence-electron chi connectivity index (χ2n) is 4.91. The van der Waals surface area contributed by atoms with Gasteiger partial charge < -0.3 is 10.4 Å². The van der Waals surface area contributed by atoms with E-state index in [1.165, 1.54) is 18.4 Å². The Hall–Kier alpha value is -0.860. The predicted octanol–water partition coefficient (Wildman–Crippen LogP) is 2.50. The third-order valence-electron chi connectivity index (χ3n) is 3.63. The quantitative estimate of drug-likeness (QED) is 0.770. The topological polar surface area (TPSA) is 32.3 Å². The lowest BCUT2D eigenvalue weighted by molar-refractivity contribution is 0.203. The van der Waals surface area contributed by atoms with E-state index in [0.29, 0.717) is 12.6 Å². The Morgan fingerprint density at radius 3 is 2.50 bits per heavy atom. The molecule has 1 unspecified atom stereocenters. The van der Waals surface area contributed by atoms with Crippen LogP contribution in [0.4, 0.5) is 0 Å². The van der Waals surface area contributed by atoms with Crippen LogP contribution in [0.25, 0.3) is 0 Å². The average Bonchev–Trinajstić information content (AvgIpc) is 3.12. The van der Waals surface area contributed by atoms with Crippen molar-refractivity contribution in [3.8, 4) is 0 Å². The highest BCUT2D eigenvalue weighted by Gasteiger charge is 2.41. The number of benzene rings is 1. The molecule has 1 fully saturated rings. The zero-order valence-electron chi connectivity index (χ0n) is 9.95. The summed E-state index contributed by atoms with van der Waals surface area (Å²) >= 11 is 0. The molecule has 0 spiro atoms. The summed E-state index contributed by atoms with van der Waals surface area (Å²) in [6.45, 7) is 3.46. The average molecular weight is 219 g/mol. The van der Waals surface area contributed by atoms with E-state index in [9.17, 15) is 5.11 Å². The molecule has 1 aromatic carbocycles. The molecule has 0 aliphatic heterocycles. The lowest BCUT2D eigenvalue weighted by Crippen LogP contribution is -2.29. The second kappa shape index (κ2) is 4.98. The molecule has 88 valence electrons. The van der Waals surface area contributed by atoms with Crippen LogP contribution in [0.5, 0.6) is 0 Å². The molecule has 1 aliphatic rings. The monoisotopic (exact) mass is 219 g/mol. The van der Waals surface area contributed by atoms with E-state index in [-0.39, 0.29) is 5.41 Å². The van der Waals surface area contributed by atoms with Gasteiger partial charge in [0.1, 0.15) is 0 Å². The fourth-order valence-electron chi connectivity index (χ4n) is 2.09. The van der Waals surface area contributed by atoms with Crippen LogP contribution in [0, 0.1) is 5.41 Å². The summed E-state index contributed by atoms with van der Waals surface area (Å²) in [5.41, 5.74) is 1.54. The largest absolute Gasteiger partial charge is 0.396 e. The van der Waals surface area contributed by atoms with Crippen molar-refractivity contribution in [1.29, 1.82) is 0 Å². The molecule has 2 heteroatoms. The molecule has 1 atom stereocenters. The zero-order chi connectivity index (χ0) is 11.4. The summed E-state index contributed by atoms with van der Waals surface area (Å²) in [5.74, 6) is 0. The molecule has 16 heavy (non-hydrogen) atoms. The van der Waals surface area contributed by atoms with Gasteiger partial charge in [0, 0.05) is 24.6 Å². The van der Waals surface area contributed by atoms with Crippen LogP contribution in [0.2, 0.25) is 0 Å². The van der Waals surface area contributed by atoms with E-state index in [0.717, 1.165) is 13.0 Å². The van der Waals surface area contributed by atoms with Crippen LogP contribution in [-0.4, -0.2) is 18.3 Å². The lowest BCUT2D eigenvalue weighted by Gasteiger charge is -2.21. The Kier molecular flexibility index (Phi) is 3.62. The molecule has 1 aromatic rings. The zero-order valence-corrected chi connectivity index (χ0v) is 9.95. The number of hydrogen-bond acceptors (Lipinski definition) is 2. The number of aliphatic hydroxyl groups is 1. The van der Waals surface area contributed by atoms with E-state index in [1.54, 1.807) is 0 Å². The van der Waals surface area contributed by atoms with Crippen LogP contribution < -0.4 is 5.32 Å². The first-order valence-corrected chi connectivity index (χ1v) is 6.19. The van der Waals surface area contributed by atoms with Crippen molar-refractivity contribution in [2.45, 2.75) is 32.2 Å². The van der Waals surface area contributed by atoms with Gasteiger partial charge in [0.15, 0.2) is 0 Å². The summed E-state index contributed by atoms with van der Waals surface area (Å²) in [5, 5.41) is 12.9. The van der Waals surface area contributed by atoms with E-state index in [4.69, 9.17) is 0 Å². The van der Waals surface area contributed by atoms with Crippen molar-refractivity contribution in [1.82, 2.24) is 5.32 Å². The van der Waals surface area contributed by atoms with Gasteiger partial charge in [-0.1, -0.05) is 37.3 Å². The van der Waals surface area contributed by atoms with Crippen LogP contribution in [0.1, 0.15) is 37.8 Å². The molecule has 1 saturated carbocycles. The molecule has 0 amide bonds. The summed E-state index contributed by atoms with van der Waals surface area (Å²) in [6.07, 6.45) is 3.43. The van der Waals surface area contributed by atoms with Gasteiger partial charge in [-0.05, 0) is 24.8 Å². The van der Waals surface area contributed by atoms with Crippen molar-refractivity contribution in [3.63, 3.8) is 0 Å². The Morgan fingerprint density at radius 2 is 2.00 bits per heavy atom. The molecule has 2 rings (SSSR count). The van der Waals surface area contributed by atoms with Crippen molar-refractivity contribution < 1.29 is 5.11 Å². The third kappa shape index (κ3) is 2.63. The summed E-state index contributed by atoms with van der Waals surface area (Å²) in [6, 6.07) is 11.0. The number of rotatable bonds is 6. The van der Waals surface area contributed by atoms with Gasteiger partial charge in [-0.15, -0.1) is 0 Å². The van der Waals surface area contributed by atoms with Crippen molar-refractivity contribution >= 4 is 0 Å². The van der Waals surface area contributed by atoms with Gasteiger partial charge >= 0.3 is 0 Å². The van der Waals surface area contributed by atoms with Gasteiger partial charge in [-0.2, -0.15) is 0 Å². The first kappa shape index (κ1) is 11.6. The predicted molar refractivity (Wildman–Crippen MR) is 66.2 cm³/mol. The number of hydrogen-bond donors (Lipinski definition) is 2. The molecule has 0 heterocycles. The van der Waals surface area contributed by atoms with E-state index < -0.39 is 0 Å². The highest BCUT2D eigenvalue weighted by Crippen LogP contribution is 2.44. The van der Waals surface area contributed by atoms with E-state index >= 15 is 0 Å². The van der Waals surface area contributed by atoms with Gasteiger partial charge in [-0.3, -0.25) is 0 Å². The Morgan fingerprint density at radius 1 is 1.31 bits per heavy atom. The molecule has 2 nitrogen and oxygen atoms in total. The summed E-state index contributed by atoms with van der Waals surface area (Å²) in [7, 11) is 0.